The predicted octanol–water partition coefficient (Wildman–Crippen LogP) is 3.15. The lowest BCUT2D eigenvalue weighted by atomic mass is 10.1. The fourth-order valence-electron chi connectivity index (χ4n) is 3.71. The minimum absolute atomic E-state index is 0.0863. The lowest BCUT2D eigenvalue weighted by molar-refractivity contribution is -0.117. The van der Waals surface area contributed by atoms with Crippen molar-refractivity contribution in [3.05, 3.63) is 65.2 Å². The molecule has 2 aliphatic rings. The molecule has 146 valence electrons. The van der Waals surface area contributed by atoms with Crippen molar-refractivity contribution >= 4 is 38.4 Å². The SMILES string of the molecule is Cc1ccc(N2C(=NC(=O)Cc3cccc(C)c3)S[C@H]3CS(=O)(=O)C[C@H]32)cc1. The van der Waals surface area contributed by atoms with Gasteiger partial charge in [-0.1, -0.05) is 59.3 Å². The van der Waals surface area contributed by atoms with Crippen LogP contribution in [0.15, 0.2) is 53.5 Å². The van der Waals surface area contributed by atoms with Crippen molar-refractivity contribution in [1.29, 1.82) is 0 Å². The second kappa shape index (κ2) is 7.37. The van der Waals surface area contributed by atoms with Gasteiger partial charge in [-0.25, -0.2) is 8.42 Å². The van der Waals surface area contributed by atoms with Crippen molar-refractivity contribution in [1.82, 2.24) is 0 Å². The number of amides is 1. The number of hydrogen-bond donors (Lipinski definition) is 0. The molecule has 0 radical (unpaired) electrons. The van der Waals surface area contributed by atoms with Crippen molar-refractivity contribution < 1.29 is 13.2 Å². The first-order valence-corrected chi connectivity index (χ1v) is 11.9. The molecule has 28 heavy (non-hydrogen) atoms. The third-order valence-corrected chi connectivity index (χ3v) is 8.25. The molecule has 0 saturated carbocycles. The summed E-state index contributed by atoms with van der Waals surface area (Å²) in [4.78, 5) is 18.9. The van der Waals surface area contributed by atoms with E-state index in [0.717, 1.165) is 22.4 Å². The van der Waals surface area contributed by atoms with Gasteiger partial charge in [-0.05, 0) is 31.5 Å². The van der Waals surface area contributed by atoms with Gasteiger partial charge in [-0.3, -0.25) is 4.79 Å². The van der Waals surface area contributed by atoms with Gasteiger partial charge in [0.2, 0.25) is 0 Å². The third-order valence-electron chi connectivity index (χ3n) is 5.04. The molecule has 1 amide bonds. The van der Waals surface area contributed by atoms with E-state index in [9.17, 15) is 13.2 Å². The first kappa shape index (κ1) is 19.2. The van der Waals surface area contributed by atoms with Crippen LogP contribution in [0.4, 0.5) is 5.69 Å². The Morgan fingerprint density at radius 3 is 2.57 bits per heavy atom. The van der Waals surface area contributed by atoms with Crippen LogP contribution >= 0.6 is 11.8 Å². The number of hydrogen-bond acceptors (Lipinski definition) is 4. The van der Waals surface area contributed by atoms with E-state index in [1.165, 1.54) is 11.8 Å². The fraction of sp³-hybridized carbons (Fsp3) is 0.333. The molecule has 0 aliphatic carbocycles. The minimum Gasteiger partial charge on any atom is -0.316 e. The van der Waals surface area contributed by atoms with E-state index >= 15 is 0 Å². The van der Waals surface area contributed by atoms with Crippen LogP contribution in [0.3, 0.4) is 0 Å². The van der Waals surface area contributed by atoms with Gasteiger partial charge in [0.05, 0.1) is 24.0 Å². The van der Waals surface area contributed by atoms with E-state index in [1.54, 1.807) is 0 Å². The number of carbonyl (C=O) groups is 1. The standard InChI is InChI=1S/C21H22N2O3S2/c1-14-6-8-17(9-7-14)23-18-12-28(25,26)13-19(18)27-21(23)22-20(24)11-16-5-3-4-15(2)10-16/h3-10,18-19H,11-13H2,1-2H3/t18-,19+/m1/s1. The molecule has 2 aromatic carbocycles. The summed E-state index contributed by atoms with van der Waals surface area (Å²) in [6.07, 6.45) is 0.237. The quantitative estimate of drug-likeness (QED) is 0.772. The number of fused-ring (bicyclic) bond motifs is 1. The maximum atomic E-state index is 12.6. The fourth-order valence-corrected chi connectivity index (χ4v) is 7.65. The molecule has 2 aromatic rings. The molecular formula is C21H22N2O3S2. The number of aryl methyl sites for hydroxylation is 2. The molecule has 0 aromatic heterocycles. The first-order chi connectivity index (χ1) is 13.3. The normalized spacial score (nSPS) is 24.5. The number of amidine groups is 1. The van der Waals surface area contributed by atoms with E-state index in [-0.39, 0.29) is 35.1 Å². The summed E-state index contributed by atoms with van der Waals surface area (Å²) < 4.78 is 24.3. The summed E-state index contributed by atoms with van der Waals surface area (Å²) in [5.41, 5.74) is 4.04. The molecule has 0 bridgehead atoms. The second-order valence-electron chi connectivity index (χ2n) is 7.46. The molecule has 0 spiro atoms. The van der Waals surface area contributed by atoms with Gasteiger partial charge in [-0.2, -0.15) is 4.99 Å². The largest absolute Gasteiger partial charge is 0.316 e. The van der Waals surface area contributed by atoms with Gasteiger partial charge in [0, 0.05) is 10.9 Å². The zero-order valence-corrected chi connectivity index (χ0v) is 17.5. The molecule has 4 rings (SSSR count). The molecule has 0 unspecified atom stereocenters. The third kappa shape index (κ3) is 4.00. The van der Waals surface area contributed by atoms with Crippen molar-refractivity contribution in [2.75, 3.05) is 16.4 Å². The average molecular weight is 415 g/mol. The molecule has 5 nitrogen and oxygen atoms in total. The van der Waals surface area contributed by atoms with Crippen LogP contribution in [-0.2, 0) is 21.1 Å². The number of benzene rings is 2. The number of aliphatic imine (C=N–C) groups is 1. The summed E-state index contributed by atoms with van der Waals surface area (Å²) in [5, 5.41) is 0.517. The van der Waals surface area contributed by atoms with Crippen LogP contribution in [0.2, 0.25) is 0 Å². The summed E-state index contributed by atoms with van der Waals surface area (Å²) in [6, 6.07) is 15.6. The zero-order valence-electron chi connectivity index (χ0n) is 15.8. The van der Waals surface area contributed by atoms with E-state index in [0.29, 0.717) is 5.17 Å². The van der Waals surface area contributed by atoms with Gasteiger partial charge in [0.15, 0.2) is 15.0 Å². The average Bonchev–Trinajstić information content (AvgIpc) is 3.06. The highest BCUT2D eigenvalue weighted by atomic mass is 32.2. The van der Waals surface area contributed by atoms with E-state index in [4.69, 9.17) is 0 Å². The molecule has 2 aliphatic heterocycles. The topological polar surface area (TPSA) is 66.8 Å². The van der Waals surface area contributed by atoms with Crippen LogP contribution in [0.5, 0.6) is 0 Å². The Kier molecular flexibility index (Phi) is 5.05. The Morgan fingerprint density at radius 1 is 1.11 bits per heavy atom. The summed E-state index contributed by atoms with van der Waals surface area (Å²) in [7, 11) is -3.06. The Labute approximate surface area is 169 Å². The number of sulfone groups is 1. The summed E-state index contributed by atoms with van der Waals surface area (Å²) in [6.45, 7) is 4.00. The Balaban J connectivity index is 1.63. The van der Waals surface area contributed by atoms with Crippen molar-refractivity contribution in [3.8, 4) is 0 Å². The van der Waals surface area contributed by atoms with Crippen molar-refractivity contribution in [2.24, 2.45) is 4.99 Å². The molecule has 2 heterocycles. The Bertz CT molecular complexity index is 1050. The number of thioether (sulfide) groups is 1. The number of rotatable bonds is 3. The smallest absolute Gasteiger partial charge is 0.252 e. The molecule has 2 fully saturated rings. The monoisotopic (exact) mass is 414 g/mol. The zero-order chi connectivity index (χ0) is 19.9. The van der Waals surface area contributed by atoms with Crippen molar-refractivity contribution in [2.45, 2.75) is 31.6 Å². The van der Waals surface area contributed by atoms with Gasteiger partial charge in [0.25, 0.3) is 5.91 Å². The minimum atomic E-state index is -3.06. The second-order valence-corrected chi connectivity index (χ2v) is 10.8. The summed E-state index contributed by atoms with van der Waals surface area (Å²) >= 11 is 1.41. The van der Waals surface area contributed by atoms with Gasteiger partial charge in [0.1, 0.15) is 0 Å². The Hall–Kier alpha value is -2.12. The van der Waals surface area contributed by atoms with Gasteiger partial charge < -0.3 is 4.90 Å². The molecule has 0 N–H and O–H groups in total. The van der Waals surface area contributed by atoms with Crippen LogP contribution < -0.4 is 4.90 Å². The van der Waals surface area contributed by atoms with Gasteiger partial charge >= 0.3 is 0 Å². The number of nitrogens with zero attached hydrogens (tertiary/aromatic N) is 2. The number of anilines is 1. The molecule has 7 heteroatoms. The first-order valence-electron chi connectivity index (χ1n) is 9.21. The van der Waals surface area contributed by atoms with E-state index in [1.807, 2.05) is 67.3 Å². The van der Waals surface area contributed by atoms with E-state index in [2.05, 4.69) is 4.99 Å². The molecule has 2 atom stereocenters. The van der Waals surface area contributed by atoms with Crippen LogP contribution in [0.25, 0.3) is 0 Å². The maximum absolute atomic E-state index is 12.6. The van der Waals surface area contributed by atoms with Gasteiger partial charge in [-0.15, -0.1) is 0 Å². The van der Waals surface area contributed by atoms with Crippen LogP contribution in [-0.4, -0.2) is 42.3 Å². The highest BCUT2D eigenvalue weighted by Crippen LogP contribution is 2.41. The number of carbonyl (C=O) groups excluding carboxylic acids is 1. The summed E-state index contributed by atoms with van der Waals surface area (Å²) in [5.74, 6) is 0.0208. The Morgan fingerprint density at radius 2 is 1.86 bits per heavy atom. The van der Waals surface area contributed by atoms with E-state index < -0.39 is 9.84 Å². The van der Waals surface area contributed by atoms with Crippen LogP contribution in [0, 0.1) is 13.8 Å². The highest BCUT2D eigenvalue weighted by molar-refractivity contribution is 8.16. The predicted molar refractivity (Wildman–Crippen MR) is 115 cm³/mol. The lowest BCUT2D eigenvalue weighted by Crippen LogP contribution is -2.37. The molecule has 2 saturated heterocycles. The van der Waals surface area contributed by atoms with Crippen LogP contribution in [0.1, 0.15) is 16.7 Å². The lowest BCUT2D eigenvalue weighted by Gasteiger charge is -2.24. The van der Waals surface area contributed by atoms with Crippen molar-refractivity contribution in [3.63, 3.8) is 0 Å². The highest BCUT2D eigenvalue weighted by Gasteiger charge is 2.49. The molecular weight excluding hydrogens is 392 g/mol. The maximum Gasteiger partial charge on any atom is 0.252 e.